The molecule has 0 amide bonds. The summed E-state index contributed by atoms with van der Waals surface area (Å²) in [6.45, 7) is -1.13. The third-order valence-corrected chi connectivity index (χ3v) is 0.451. The molecule has 0 aromatic rings. The Morgan fingerprint density at radius 3 is 1.60 bits per heavy atom. The Bertz CT molecular complexity index is 109. The Kier molecular flexibility index (Phi) is 7.91. The van der Waals surface area contributed by atoms with Gasteiger partial charge in [0.15, 0.2) is 0 Å². The van der Waals surface area contributed by atoms with Crippen molar-refractivity contribution in [3.63, 3.8) is 0 Å². The van der Waals surface area contributed by atoms with Gasteiger partial charge in [0.1, 0.15) is 13.2 Å². The van der Waals surface area contributed by atoms with E-state index in [9.17, 15) is 9.59 Å². The molecule has 0 heterocycles. The number of hydrogen-bond donors (Lipinski definition) is 2. The molecule has 0 aliphatic heterocycles. The summed E-state index contributed by atoms with van der Waals surface area (Å²) < 4.78 is 4.16. The molecule has 0 aromatic heterocycles. The molecule has 0 spiro atoms. The Hall–Kier alpha value is -0.594. The molecular weight excluding hydrogens is 187 g/mol. The summed E-state index contributed by atoms with van der Waals surface area (Å²) in [4.78, 5) is 19.3. The van der Waals surface area contributed by atoms with Gasteiger partial charge in [-0.15, -0.1) is 0 Å². The third kappa shape index (κ3) is 10.4. The molecule has 0 bridgehead atoms. The van der Waals surface area contributed by atoms with E-state index in [1.165, 1.54) is 0 Å². The first-order chi connectivity index (χ1) is 4.13. The second kappa shape index (κ2) is 6.53. The molecule has 6 heteroatoms. The van der Waals surface area contributed by atoms with Crippen molar-refractivity contribution < 1.29 is 41.3 Å². The molecule has 0 fully saturated rings. The van der Waals surface area contributed by atoms with Crippen LogP contribution in [-0.2, 0) is 31.1 Å². The number of aliphatic carboxylic acids is 2. The monoisotopic (exact) mass is 193 g/mol. The van der Waals surface area contributed by atoms with E-state index >= 15 is 0 Å². The standard InChI is InChI=1S/C4H6O5.Co/c5-3(6)1-9-2-4(7)8;/h1-2H2,(H,5,6)(H,7,8);. The number of rotatable bonds is 4. The van der Waals surface area contributed by atoms with Gasteiger partial charge >= 0.3 is 11.9 Å². The molecule has 0 saturated heterocycles. The summed E-state index contributed by atoms with van der Waals surface area (Å²) in [6, 6.07) is 0. The fourth-order valence-electron chi connectivity index (χ4n) is 0.226. The first kappa shape index (κ1) is 12.1. The fourth-order valence-corrected chi connectivity index (χ4v) is 0.226. The molecule has 0 atom stereocenters. The summed E-state index contributed by atoms with van der Waals surface area (Å²) >= 11 is 0. The summed E-state index contributed by atoms with van der Waals surface area (Å²) in [5, 5.41) is 15.8. The van der Waals surface area contributed by atoms with Gasteiger partial charge in [-0.25, -0.2) is 9.59 Å². The van der Waals surface area contributed by atoms with Crippen LogP contribution in [0, 0.1) is 0 Å². The number of carbonyl (C=O) groups is 2. The van der Waals surface area contributed by atoms with Gasteiger partial charge in [0.25, 0.3) is 0 Å². The van der Waals surface area contributed by atoms with Crippen LogP contribution >= 0.6 is 0 Å². The quantitative estimate of drug-likeness (QED) is 0.608. The van der Waals surface area contributed by atoms with Gasteiger partial charge in [-0.2, -0.15) is 0 Å². The topological polar surface area (TPSA) is 83.8 Å². The van der Waals surface area contributed by atoms with Crippen molar-refractivity contribution in [3.05, 3.63) is 0 Å². The number of carboxylic acids is 2. The average Bonchev–Trinajstić information content (AvgIpc) is 1.63. The maximum atomic E-state index is 9.66. The minimum Gasteiger partial charge on any atom is -0.480 e. The maximum Gasteiger partial charge on any atom is 0.329 e. The Balaban J connectivity index is 0. The van der Waals surface area contributed by atoms with E-state index in [2.05, 4.69) is 4.74 Å². The number of carboxylic acid groups (broad SMARTS) is 2. The van der Waals surface area contributed by atoms with Gasteiger partial charge in [-0.1, -0.05) is 0 Å². The Morgan fingerprint density at radius 1 is 1.10 bits per heavy atom. The SMILES string of the molecule is O=C(O)COCC(=O)O.[Co]. The van der Waals surface area contributed by atoms with Crippen LogP contribution in [0.2, 0.25) is 0 Å². The van der Waals surface area contributed by atoms with E-state index in [0.29, 0.717) is 0 Å². The van der Waals surface area contributed by atoms with Crippen molar-refractivity contribution in [3.8, 4) is 0 Å². The molecule has 1 radical (unpaired) electrons. The fraction of sp³-hybridized carbons (Fsp3) is 0.500. The normalized spacial score (nSPS) is 8.00. The predicted octanol–water partition coefficient (Wildman–Crippen LogP) is -0.830. The van der Waals surface area contributed by atoms with Crippen molar-refractivity contribution >= 4 is 11.9 Å². The van der Waals surface area contributed by atoms with Crippen molar-refractivity contribution in [2.75, 3.05) is 13.2 Å². The predicted molar refractivity (Wildman–Crippen MR) is 26.1 cm³/mol. The first-order valence-corrected chi connectivity index (χ1v) is 2.14. The van der Waals surface area contributed by atoms with Gasteiger partial charge in [0.05, 0.1) is 0 Å². The zero-order valence-corrected chi connectivity index (χ0v) is 5.91. The second-order valence-electron chi connectivity index (χ2n) is 1.28. The molecule has 0 aliphatic carbocycles. The van der Waals surface area contributed by atoms with Crippen LogP contribution in [0.25, 0.3) is 0 Å². The van der Waals surface area contributed by atoms with Crippen LogP contribution in [0.5, 0.6) is 0 Å². The van der Waals surface area contributed by atoms with E-state index in [4.69, 9.17) is 10.2 Å². The van der Waals surface area contributed by atoms with Crippen LogP contribution in [0.4, 0.5) is 0 Å². The van der Waals surface area contributed by atoms with Crippen molar-refractivity contribution in [2.24, 2.45) is 0 Å². The van der Waals surface area contributed by atoms with Gasteiger partial charge in [-0.05, 0) is 0 Å². The van der Waals surface area contributed by atoms with E-state index < -0.39 is 25.2 Å². The molecule has 0 saturated carbocycles. The smallest absolute Gasteiger partial charge is 0.329 e. The average molecular weight is 193 g/mol. The molecule has 0 aromatic carbocycles. The summed E-state index contributed by atoms with van der Waals surface area (Å²) in [7, 11) is 0. The van der Waals surface area contributed by atoms with Crippen LogP contribution in [0.3, 0.4) is 0 Å². The Labute approximate surface area is 67.2 Å². The molecule has 5 nitrogen and oxygen atoms in total. The molecule has 0 unspecified atom stereocenters. The van der Waals surface area contributed by atoms with Gasteiger partial charge in [0.2, 0.25) is 0 Å². The van der Waals surface area contributed by atoms with E-state index in [1.807, 2.05) is 0 Å². The van der Waals surface area contributed by atoms with E-state index in [-0.39, 0.29) is 16.8 Å². The van der Waals surface area contributed by atoms with Crippen LogP contribution in [0.15, 0.2) is 0 Å². The largest absolute Gasteiger partial charge is 0.480 e. The maximum absolute atomic E-state index is 9.66. The van der Waals surface area contributed by atoms with Gasteiger partial charge < -0.3 is 14.9 Å². The zero-order valence-electron chi connectivity index (χ0n) is 4.87. The number of ether oxygens (including phenoxy) is 1. The summed E-state index contributed by atoms with van der Waals surface area (Å²) in [5.74, 6) is -2.34. The summed E-state index contributed by atoms with van der Waals surface area (Å²) in [6.07, 6.45) is 0. The van der Waals surface area contributed by atoms with Crippen molar-refractivity contribution in [2.45, 2.75) is 0 Å². The van der Waals surface area contributed by atoms with Crippen molar-refractivity contribution in [1.82, 2.24) is 0 Å². The minimum absolute atomic E-state index is 0. The van der Waals surface area contributed by atoms with Crippen LogP contribution < -0.4 is 0 Å². The second-order valence-corrected chi connectivity index (χ2v) is 1.28. The molecule has 2 N–H and O–H groups in total. The van der Waals surface area contributed by atoms with E-state index in [1.54, 1.807) is 0 Å². The van der Waals surface area contributed by atoms with Crippen molar-refractivity contribution in [1.29, 1.82) is 0 Å². The first-order valence-electron chi connectivity index (χ1n) is 2.14. The molecular formula is C4H6CoO5. The van der Waals surface area contributed by atoms with Gasteiger partial charge in [-0.3, -0.25) is 0 Å². The van der Waals surface area contributed by atoms with E-state index in [0.717, 1.165) is 0 Å². The third-order valence-electron chi connectivity index (χ3n) is 0.451. The minimum atomic E-state index is -1.17. The zero-order chi connectivity index (χ0) is 7.28. The van der Waals surface area contributed by atoms with Gasteiger partial charge in [0, 0.05) is 16.8 Å². The van der Waals surface area contributed by atoms with Crippen LogP contribution in [0.1, 0.15) is 0 Å². The van der Waals surface area contributed by atoms with Crippen LogP contribution in [-0.4, -0.2) is 35.4 Å². The molecule has 0 aliphatic rings. The molecule has 0 rings (SSSR count). The summed E-state index contributed by atoms with van der Waals surface area (Å²) in [5.41, 5.74) is 0. The molecule has 61 valence electrons. The number of hydrogen-bond acceptors (Lipinski definition) is 3. The molecule has 10 heavy (non-hydrogen) atoms. The Morgan fingerprint density at radius 2 is 1.40 bits per heavy atom.